The molecule has 0 aliphatic rings. The zero-order valence-corrected chi connectivity index (χ0v) is 8.38. The summed E-state index contributed by atoms with van der Waals surface area (Å²) in [5.41, 5.74) is 1.02. The minimum atomic E-state index is -0.378. The minimum absolute atomic E-state index is 0.378. The van der Waals surface area contributed by atoms with E-state index in [-0.39, 0.29) is 5.82 Å². The molecule has 0 N–H and O–H groups in total. The lowest BCUT2D eigenvalue weighted by molar-refractivity contribution is -0.104. The number of allylic oxidation sites excluding steroid dienone is 1. The predicted molar refractivity (Wildman–Crippen MR) is 58.6 cm³/mol. The van der Waals surface area contributed by atoms with Crippen LogP contribution in [0.1, 0.15) is 5.56 Å². The van der Waals surface area contributed by atoms with Gasteiger partial charge in [-0.3, -0.25) is 4.79 Å². The second-order valence-corrected chi connectivity index (χ2v) is 3.16. The number of halogens is 1. The van der Waals surface area contributed by atoms with Crippen LogP contribution in [0.2, 0.25) is 0 Å². The van der Waals surface area contributed by atoms with Crippen molar-refractivity contribution >= 4 is 12.4 Å². The molecule has 0 radical (unpaired) electrons. The van der Waals surface area contributed by atoms with Crippen molar-refractivity contribution in [3.63, 3.8) is 0 Å². The van der Waals surface area contributed by atoms with E-state index in [1.54, 1.807) is 36.7 Å². The Morgan fingerprint density at radius 3 is 2.88 bits per heavy atom. The molecule has 0 saturated heterocycles. The predicted octanol–water partition coefficient (Wildman–Crippen LogP) is 2.22. The van der Waals surface area contributed by atoms with E-state index in [9.17, 15) is 9.18 Å². The van der Waals surface area contributed by atoms with Gasteiger partial charge in [0, 0.05) is 12.4 Å². The average molecular weight is 216 g/mol. The Labute approximate surface area is 91.8 Å². The first kappa shape index (κ1) is 10.3. The highest BCUT2D eigenvalue weighted by Gasteiger charge is 2.04. The second kappa shape index (κ2) is 4.53. The molecule has 0 unspecified atom stereocenters. The standard InChI is InChI=1S/C12H9FN2O/c13-11-9-10(3-1-8-16)4-5-12(11)15-7-2-6-14-15/h1-9H. The molecule has 2 rings (SSSR count). The van der Waals surface area contributed by atoms with Crippen LogP contribution in [0.4, 0.5) is 4.39 Å². The fourth-order valence-electron chi connectivity index (χ4n) is 1.37. The fourth-order valence-corrected chi connectivity index (χ4v) is 1.37. The number of hydrogen-bond acceptors (Lipinski definition) is 2. The summed E-state index contributed by atoms with van der Waals surface area (Å²) < 4.78 is 15.1. The molecule has 0 fully saturated rings. The number of aldehydes is 1. The summed E-state index contributed by atoms with van der Waals surface area (Å²) in [5.74, 6) is -0.378. The number of aromatic nitrogens is 2. The van der Waals surface area contributed by atoms with Gasteiger partial charge in [-0.1, -0.05) is 12.1 Å². The van der Waals surface area contributed by atoms with Gasteiger partial charge in [0.1, 0.15) is 17.8 Å². The molecule has 4 heteroatoms. The number of carbonyl (C=O) groups excluding carboxylic acids is 1. The molecule has 1 aromatic heterocycles. The third-order valence-electron chi connectivity index (χ3n) is 2.09. The molecule has 0 spiro atoms. The number of nitrogens with zero attached hydrogens (tertiary/aromatic N) is 2. The fraction of sp³-hybridized carbons (Fsp3) is 0. The summed E-state index contributed by atoms with van der Waals surface area (Å²) in [5, 5.41) is 3.94. The van der Waals surface area contributed by atoms with E-state index < -0.39 is 0 Å². The molecular formula is C12H9FN2O. The van der Waals surface area contributed by atoms with Gasteiger partial charge in [-0.15, -0.1) is 0 Å². The van der Waals surface area contributed by atoms with Gasteiger partial charge >= 0.3 is 0 Å². The van der Waals surface area contributed by atoms with Crippen LogP contribution in [0.3, 0.4) is 0 Å². The number of rotatable bonds is 3. The molecule has 0 amide bonds. The van der Waals surface area contributed by atoms with Crippen LogP contribution >= 0.6 is 0 Å². The number of hydrogen-bond donors (Lipinski definition) is 0. The van der Waals surface area contributed by atoms with Crippen LogP contribution in [0.15, 0.2) is 42.7 Å². The Morgan fingerprint density at radius 2 is 2.25 bits per heavy atom. The third kappa shape index (κ3) is 2.06. The maximum Gasteiger partial charge on any atom is 0.149 e. The third-order valence-corrected chi connectivity index (χ3v) is 2.09. The largest absolute Gasteiger partial charge is 0.299 e. The molecule has 3 nitrogen and oxygen atoms in total. The quantitative estimate of drug-likeness (QED) is 0.582. The molecule has 1 heterocycles. The smallest absolute Gasteiger partial charge is 0.149 e. The summed E-state index contributed by atoms with van der Waals surface area (Å²) in [6.07, 6.45) is 6.77. The van der Waals surface area contributed by atoms with Crippen molar-refractivity contribution in [3.8, 4) is 5.69 Å². The van der Waals surface area contributed by atoms with E-state index in [2.05, 4.69) is 5.10 Å². The van der Waals surface area contributed by atoms with Crippen molar-refractivity contribution in [3.05, 3.63) is 54.1 Å². The first-order valence-corrected chi connectivity index (χ1v) is 4.72. The molecule has 2 aromatic rings. The summed E-state index contributed by atoms with van der Waals surface area (Å²) in [4.78, 5) is 10.1. The highest BCUT2D eigenvalue weighted by atomic mass is 19.1. The van der Waals surface area contributed by atoms with E-state index in [0.717, 1.165) is 0 Å². The molecule has 1 aromatic carbocycles. The Hall–Kier alpha value is -2.23. The monoisotopic (exact) mass is 216 g/mol. The molecule has 0 saturated carbocycles. The molecule has 0 aliphatic heterocycles. The van der Waals surface area contributed by atoms with Crippen molar-refractivity contribution in [2.24, 2.45) is 0 Å². The minimum Gasteiger partial charge on any atom is -0.299 e. The SMILES string of the molecule is O=CC=Cc1ccc(-n2cccn2)c(F)c1. The second-order valence-electron chi connectivity index (χ2n) is 3.16. The van der Waals surface area contributed by atoms with Crippen LogP contribution in [-0.2, 0) is 4.79 Å². The first-order chi connectivity index (χ1) is 7.81. The van der Waals surface area contributed by atoms with E-state index >= 15 is 0 Å². The summed E-state index contributed by atoms with van der Waals surface area (Å²) in [6, 6.07) is 6.42. The van der Waals surface area contributed by atoms with Crippen LogP contribution in [0.5, 0.6) is 0 Å². The Balaban J connectivity index is 2.37. The van der Waals surface area contributed by atoms with Gasteiger partial charge in [-0.2, -0.15) is 5.10 Å². The van der Waals surface area contributed by atoms with Crippen LogP contribution in [0, 0.1) is 5.82 Å². The van der Waals surface area contributed by atoms with Crippen molar-refractivity contribution < 1.29 is 9.18 Å². The molecule has 16 heavy (non-hydrogen) atoms. The van der Waals surface area contributed by atoms with Crippen LogP contribution in [0.25, 0.3) is 11.8 Å². The Kier molecular flexibility index (Phi) is 2.91. The summed E-state index contributed by atoms with van der Waals surface area (Å²) in [7, 11) is 0. The van der Waals surface area contributed by atoms with Crippen molar-refractivity contribution in [1.82, 2.24) is 9.78 Å². The first-order valence-electron chi connectivity index (χ1n) is 4.72. The lowest BCUT2D eigenvalue weighted by Crippen LogP contribution is -1.97. The molecular weight excluding hydrogens is 207 g/mol. The maximum absolute atomic E-state index is 13.7. The van der Waals surface area contributed by atoms with Crippen molar-refractivity contribution in [2.75, 3.05) is 0 Å². The lowest BCUT2D eigenvalue weighted by Gasteiger charge is -2.03. The molecule has 0 bridgehead atoms. The summed E-state index contributed by atoms with van der Waals surface area (Å²) >= 11 is 0. The Bertz CT molecular complexity index is 518. The van der Waals surface area contributed by atoms with Gasteiger partial charge in [0.15, 0.2) is 0 Å². The Morgan fingerprint density at radius 1 is 1.38 bits per heavy atom. The van der Waals surface area contributed by atoms with E-state index in [1.807, 2.05) is 0 Å². The highest BCUT2D eigenvalue weighted by molar-refractivity contribution is 5.73. The zero-order valence-electron chi connectivity index (χ0n) is 8.38. The number of benzene rings is 1. The van der Waals surface area contributed by atoms with Gasteiger partial charge < -0.3 is 0 Å². The van der Waals surface area contributed by atoms with Gasteiger partial charge in [0.25, 0.3) is 0 Å². The van der Waals surface area contributed by atoms with Gasteiger partial charge in [-0.25, -0.2) is 9.07 Å². The van der Waals surface area contributed by atoms with E-state index in [0.29, 0.717) is 17.5 Å². The molecule has 0 aliphatic carbocycles. The summed E-state index contributed by atoms with van der Waals surface area (Å²) in [6.45, 7) is 0. The average Bonchev–Trinajstić information content (AvgIpc) is 2.80. The van der Waals surface area contributed by atoms with Gasteiger partial charge in [0.2, 0.25) is 0 Å². The number of carbonyl (C=O) groups is 1. The van der Waals surface area contributed by atoms with E-state index in [4.69, 9.17) is 0 Å². The van der Waals surface area contributed by atoms with E-state index in [1.165, 1.54) is 16.8 Å². The van der Waals surface area contributed by atoms with Gasteiger partial charge in [0.05, 0.1) is 0 Å². The molecule has 80 valence electrons. The van der Waals surface area contributed by atoms with Crippen molar-refractivity contribution in [2.45, 2.75) is 0 Å². The lowest BCUT2D eigenvalue weighted by atomic mass is 10.2. The maximum atomic E-state index is 13.7. The van der Waals surface area contributed by atoms with Crippen LogP contribution < -0.4 is 0 Å². The van der Waals surface area contributed by atoms with Crippen LogP contribution in [-0.4, -0.2) is 16.1 Å². The highest BCUT2D eigenvalue weighted by Crippen LogP contribution is 2.15. The molecule has 0 atom stereocenters. The van der Waals surface area contributed by atoms with Gasteiger partial charge in [-0.05, 0) is 29.8 Å². The zero-order chi connectivity index (χ0) is 11.4. The van der Waals surface area contributed by atoms with Crippen molar-refractivity contribution in [1.29, 1.82) is 0 Å². The topological polar surface area (TPSA) is 34.9 Å². The normalized spacial score (nSPS) is 10.8.